The number of amides is 1. The number of nitrogens with zero attached hydrogens (tertiary/aromatic N) is 2. The summed E-state index contributed by atoms with van der Waals surface area (Å²) in [5.41, 5.74) is -0.621. The van der Waals surface area contributed by atoms with E-state index in [4.69, 9.17) is 5.26 Å². The zero-order valence-corrected chi connectivity index (χ0v) is 7.75. The lowest BCUT2D eigenvalue weighted by Gasteiger charge is -2.36. The van der Waals surface area contributed by atoms with Gasteiger partial charge in [0.15, 0.2) is 0 Å². The quantitative estimate of drug-likeness (QED) is 0.607. The van der Waals surface area contributed by atoms with Gasteiger partial charge in [-0.05, 0) is 32.1 Å². The van der Waals surface area contributed by atoms with Gasteiger partial charge in [-0.1, -0.05) is 0 Å². The molecule has 13 heavy (non-hydrogen) atoms. The molecule has 2 rings (SSSR count). The molecular weight excluding hydrogens is 164 g/mol. The highest BCUT2D eigenvalue weighted by Crippen LogP contribution is 2.42. The van der Waals surface area contributed by atoms with E-state index in [1.54, 1.807) is 0 Å². The number of carbonyl (C=O) groups excluding carboxylic acids is 1. The van der Waals surface area contributed by atoms with Gasteiger partial charge in [0.1, 0.15) is 5.41 Å². The minimum atomic E-state index is -0.621. The summed E-state index contributed by atoms with van der Waals surface area (Å²) < 4.78 is 0. The van der Waals surface area contributed by atoms with Gasteiger partial charge in [0.25, 0.3) is 0 Å². The maximum Gasteiger partial charge on any atom is 0.243 e. The normalized spacial score (nSPS) is 25.0. The molecule has 1 saturated carbocycles. The molecule has 1 aliphatic heterocycles. The molecule has 0 N–H and O–H groups in total. The highest BCUT2D eigenvalue weighted by atomic mass is 16.2. The first-order valence-corrected chi connectivity index (χ1v) is 4.99. The van der Waals surface area contributed by atoms with E-state index >= 15 is 0 Å². The van der Waals surface area contributed by atoms with E-state index in [-0.39, 0.29) is 5.91 Å². The molecule has 70 valence electrons. The summed E-state index contributed by atoms with van der Waals surface area (Å²) in [6, 6.07) is 2.20. The average molecular weight is 178 g/mol. The van der Waals surface area contributed by atoms with E-state index in [2.05, 4.69) is 6.07 Å². The molecule has 0 aromatic carbocycles. The minimum Gasteiger partial charge on any atom is -0.341 e. The van der Waals surface area contributed by atoms with Gasteiger partial charge in [0, 0.05) is 13.1 Å². The molecule has 1 aliphatic carbocycles. The summed E-state index contributed by atoms with van der Waals surface area (Å²) in [5, 5.41) is 8.97. The van der Waals surface area contributed by atoms with Crippen LogP contribution in [0.5, 0.6) is 0 Å². The Morgan fingerprint density at radius 1 is 1.23 bits per heavy atom. The van der Waals surface area contributed by atoms with Crippen LogP contribution in [0.3, 0.4) is 0 Å². The first-order valence-electron chi connectivity index (χ1n) is 4.99. The summed E-state index contributed by atoms with van der Waals surface area (Å²) in [5.74, 6) is 0.0961. The van der Waals surface area contributed by atoms with Gasteiger partial charge in [-0.15, -0.1) is 0 Å². The molecule has 1 heterocycles. The maximum atomic E-state index is 11.9. The predicted octanol–water partition coefficient (Wildman–Crippen LogP) is 1.30. The maximum absolute atomic E-state index is 11.9. The zero-order chi connectivity index (χ0) is 9.31. The molecule has 1 saturated heterocycles. The number of rotatable bonds is 1. The van der Waals surface area contributed by atoms with Gasteiger partial charge >= 0.3 is 0 Å². The van der Waals surface area contributed by atoms with Crippen molar-refractivity contribution in [2.45, 2.75) is 32.1 Å². The second kappa shape index (κ2) is 3.02. The number of likely N-dealkylation sites (tertiary alicyclic amines) is 1. The van der Waals surface area contributed by atoms with E-state index < -0.39 is 5.41 Å². The Balaban J connectivity index is 2.07. The topological polar surface area (TPSA) is 44.1 Å². The van der Waals surface area contributed by atoms with Gasteiger partial charge in [-0.3, -0.25) is 4.79 Å². The molecule has 2 aliphatic rings. The summed E-state index contributed by atoms with van der Waals surface area (Å²) in [7, 11) is 0. The molecule has 2 fully saturated rings. The Bertz CT molecular complexity index is 257. The van der Waals surface area contributed by atoms with E-state index in [9.17, 15) is 4.79 Å². The average Bonchev–Trinajstić information content (AvgIpc) is 2.54. The van der Waals surface area contributed by atoms with Crippen molar-refractivity contribution >= 4 is 5.91 Å². The molecule has 3 heteroatoms. The van der Waals surface area contributed by atoms with E-state index in [0.717, 1.165) is 45.2 Å². The molecule has 0 spiro atoms. The summed E-state index contributed by atoms with van der Waals surface area (Å²) >= 11 is 0. The van der Waals surface area contributed by atoms with Crippen LogP contribution < -0.4 is 0 Å². The lowest BCUT2D eigenvalue weighted by atomic mass is 9.69. The highest BCUT2D eigenvalue weighted by molar-refractivity contribution is 5.86. The third-order valence-electron chi connectivity index (χ3n) is 3.22. The Morgan fingerprint density at radius 3 is 2.23 bits per heavy atom. The number of nitriles is 1. The van der Waals surface area contributed by atoms with Crippen molar-refractivity contribution < 1.29 is 4.79 Å². The molecule has 0 unspecified atom stereocenters. The van der Waals surface area contributed by atoms with Gasteiger partial charge < -0.3 is 4.90 Å². The van der Waals surface area contributed by atoms with Crippen molar-refractivity contribution in [2.75, 3.05) is 13.1 Å². The standard InChI is InChI=1S/C10H14N2O/c11-8-10(4-3-5-10)9(13)12-6-1-2-7-12/h1-7H2. The van der Waals surface area contributed by atoms with Gasteiger partial charge in [-0.2, -0.15) is 5.26 Å². The van der Waals surface area contributed by atoms with Crippen molar-refractivity contribution in [2.24, 2.45) is 5.41 Å². The summed E-state index contributed by atoms with van der Waals surface area (Å²) in [6.45, 7) is 1.73. The number of carbonyl (C=O) groups is 1. The molecular formula is C10H14N2O. The fraction of sp³-hybridized carbons (Fsp3) is 0.800. The molecule has 0 radical (unpaired) electrons. The van der Waals surface area contributed by atoms with Crippen molar-refractivity contribution in [1.29, 1.82) is 5.26 Å². The van der Waals surface area contributed by atoms with Crippen LogP contribution in [-0.4, -0.2) is 23.9 Å². The zero-order valence-electron chi connectivity index (χ0n) is 7.75. The second-order valence-corrected chi connectivity index (χ2v) is 4.05. The van der Waals surface area contributed by atoms with Crippen molar-refractivity contribution in [3.05, 3.63) is 0 Å². The lowest BCUT2D eigenvalue weighted by molar-refractivity contribution is -0.141. The van der Waals surface area contributed by atoms with Crippen LogP contribution in [0.15, 0.2) is 0 Å². The van der Waals surface area contributed by atoms with Gasteiger partial charge in [0.05, 0.1) is 6.07 Å². The first kappa shape index (κ1) is 8.55. The Labute approximate surface area is 78.3 Å². The largest absolute Gasteiger partial charge is 0.341 e. The third-order valence-corrected chi connectivity index (χ3v) is 3.22. The van der Waals surface area contributed by atoms with Crippen LogP contribution in [-0.2, 0) is 4.79 Å². The molecule has 3 nitrogen and oxygen atoms in total. The van der Waals surface area contributed by atoms with Crippen LogP contribution in [0.25, 0.3) is 0 Å². The van der Waals surface area contributed by atoms with Gasteiger partial charge in [0.2, 0.25) is 5.91 Å². The Morgan fingerprint density at radius 2 is 1.85 bits per heavy atom. The third kappa shape index (κ3) is 1.21. The monoisotopic (exact) mass is 178 g/mol. The van der Waals surface area contributed by atoms with Gasteiger partial charge in [-0.25, -0.2) is 0 Å². The first-order chi connectivity index (χ1) is 6.28. The second-order valence-electron chi connectivity index (χ2n) is 4.05. The summed E-state index contributed by atoms with van der Waals surface area (Å²) in [6.07, 6.45) is 4.80. The molecule has 1 amide bonds. The SMILES string of the molecule is N#CC1(C(=O)N2CCCC2)CCC1. The fourth-order valence-electron chi connectivity index (χ4n) is 2.13. The van der Waals surface area contributed by atoms with E-state index in [0.29, 0.717) is 0 Å². The van der Waals surface area contributed by atoms with Crippen molar-refractivity contribution in [3.63, 3.8) is 0 Å². The number of hydrogen-bond acceptors (Lipinski definition) is 2. The fourth-order valence-corrected chi connectivity index (χ4v) is 2.13. The van der Waals surface area contributed by atoms with Crippen LogP contribution in [0, 0.1) is 16.7 Å². The molecule has 0 aromatic heterocycles. The highest BCUT2D eigenvalue weighted by Gasteiger charge is 2.47. The smallest absolute Gasteiger partial charge is 0.243 e. The van der Waals surface area contributed by atoms with Crippen molar-refractivity contribution in [3.8, 4) is 6.07 Å². The minimum absolute atomic E-state index is 0.0961. The molecule has 0 atom stereocenters. The van der Waals surface area contributed by atoms with Crippen molar-refractivity contribution in [1.82, 2.24) is 4.90 Å². The van der Waals surface area contributed by atoms with E-state index in [1.807, 2.05) is 4.90 Å². The lowest BCUT2D eigenvalue weighted by Crippen LogP contribution is -2.45. The number of hydrogen-bond donors (Lipinski definition) is 0. The predicted molar refractivity (Wildman–Crippen MR) is 47.7 cm³/mol. The molecule has 0 bridgehead atoms. The van der Waals surface area contributed by atoms with Crippen LogP contribution in [0.4, 0.5) is 0 Å². The van der Waals surface area contributed by atoms with Crippen LogP contribution in [0.1, 0.15) is 32.1 Å². The van der Waals surface area contributed by atoms with Crippen LogP contribution >= 0.6 is 0 Å². The summed E-state index contributed by atoms with van der Waals surface area (Å²) in [4.78, 5) is 13.7. The van der Waals surface area contributed by atoms with Crippen LogP contribution in [0.2, 0.25) is 0 Å². The van der Waals surface area contributed by atoms with E-state index in [1.165, 1.54) is 0 Å². The Kier molecular flexibility index (Phi) is 1.99. The Hall–Kier alpha value is -1.04. The molecule has 0 aromatic rings.